The molecule has 1 saturated heterocycles. The van der Waals surface area contributed by atoms with E-state index in [1.54, 1.807) is 14.2 Å². The monoisotopic (exact) mass is 265 g/mol. The molecule has 1 fully saturated rings. The summed E-state index contributed by atoms with van der Waals surface area (Å²) in [5.74, 6) is 0. The van der Waals surface area contributed by atoms with Crippen LogP contribution in [0.15, 0.2) is 30.3 Å². The molecule has 2 atom stereocenters. The van der Waals surface area contributed by atoms with Crippen molar-refractivity contribution in [1.29, 1.82) is 0 Å². The molecule has 1 aromatic rings. The summed E-state index contributed by atoms with van der Waals surface area (Å²) in [6, 6.07) is 10.5. The Labute approximate surface area is 115 Å². The van der Waals surface area contributed by atoms with Gasteiger partial charge in [0.15, 0.2) is 0 Å². The number of hydrogen-bond acceptors (Lipinski definition) is 4. The van der Waals surface area contributed by atoms with Crippen LogP contribution >= 0.6 is 0 Å². The second kappa shape index (κ2) is 7.01. The highest BCUT2D eigenvalue weighted by atomic mass is 16.5. The topological polar surface area (TPSA) is 39.7 Å². The zero-order valence-corrected chi connectivity index (χ0v) is 11.7. The molecular formula is C15H23NO3. The quantitative estimate of drug-likeness (QED) is 0.815. The number of methoxy groups -OCH3 is 2. The molecule has 4 nitrogen and oxygen atoms in total. The molecule has 0 saturated carbocycles. The molecule has 19 heavy (non-hydrogen) atoms. The predicted octanol–water partition coefficient (Wildman–Crippen LogP) is 1.77. The number of ether oxygens (including phenoxy) is 3. The fraction of sp³-hybridized carbons (Fsp3) is 0.600. The Hall–Kier alpha value is -0.940. The van der Waals surface area contributed by atoms with Gasteiger partial charge in [-0.05, 0) is 5.56 Å². The van der Waals surface area contributed by atoms with Crippen LogP contribution in [0.2, 0.25) is 0 Å². The fourth-order valence-electron chi connectivity index (χ4n) is 2.40. The number of hydrogen-bond donors (Lipinski definition) is 1. The molecule has 1 aliphatic heterocycles. The summed E-state index contributed by atoms with van der Waals surface area (Å²) in [5.41, 5.74) is 1.04. The second-order valence-electron chi connectivity index (χ2n) is 4.99. The molecule has 0 bridgehead atoms. The van der Waals surface area contributed by atoms with E-state index in [4.69, 9.17) is 14.2 Å². The van der Waals surface area contributed by atoms with Crippen molar-refractivity contribution in [3.63, 3.8) is 0 Å². The van der Waals surface area contributed by atoms with Gasteiger partial charge in [-0.1, -0.05) is 30.3 Å². The molecule has 1 heterocycles. The largest absolute Gasteiger partial charge is 0.383 e. The summed E-state index contributed by atoms with van der Waals surface area (Å²) in [7, 11) is 3.48. The standard InChI is InChI=1S/C15H23NO3/c1-17-10-14(13-6-4-3-5-7-13)16-11-15(18-2)8-9-19-12-15/h3-7,14,16H,8-12H2,1-2H3. The molecule has 0 amide bonds. The second-order valence-corrected chi connectivity index (χ2v) is 4.99. The highest BCUT2D eigenvalue weighted by Crippen LogP contribution is 2.23. The average Bonchev–Trinajstić information content (AvgIpc) is 2.94. The van der Waals surface area contributed by atoms with Crippen molar-refractivity contribution >= 4 is 0 Å². The van der Waals surface area contributed by atoms with Crippen LogP contribution in [0.1, 0.15) is 18.0 Å². The maximum absolute atomic E-state index is 5.63. The zero-order chi connectivity index (χ0) is 13.6. The van der Waals surface area contributed by atoms with E-state index in [1.807, 2.05) is 18.2 Å². The molecule has 2 rings (SSSR count). The van der Waals surface area contributed by atoms with Crippen molar-refractivity contribution < 1.29 is 14.2 Å². The lowest BCUT2D eigenvalue weighted by molar-refractivity contribution is -0.0192. The van der Waals surface area contributed by atoms with Crippen molar-refractivity contribution in [1.82, 2.24) is 5.32 Å². The highest BCUT2D eigenvalue weighted by Gasteiger charge is 2.35. The van der Waals surface area contributed by atoms with E-state index in [-0.39, 0.29) is 11.6 Å². The van der Waals surface area contributed by atoms with Crippen molar-refractivity contribution in [3.05, 3.63) is 35.9 Å². The van der Waals surface area contributed by atoms with Crippen molar-refractivity contribution in [2.75, 3.05) is 40.6 Å². The van der Waals surface area contributed by atoms with Crippen LogP contribution in [0.25, 0.3) is 0 Å². The van der Waals surface area contributed by atoms with Gasteiger partial charge >= 0.3 is 0 Å². The van der Waals surface area contributed by atoms with Gasteiger partial charge in [-0.3, -0.25) is 0 Å². The fourth-order valence-corrected chi connectivity index (χ4v) is 2.40. The van der Waals surface area contributed by atoms with Gasteiger partial charge in [0.2, 0.25) is 0 Å². The van der Waals surface area contributed by atoms with Crippen LogP contribution in [0, 0.1) is 0 Å². The minimum absolute atomic E-state index is 0.179. The zero-order valence-electron chi connectivity index (χ0n) is 11.7. The first-order valence-electron chi connectivity index (χ1n) is 6.70. The molecule has 0 aromatic heterocycles. The van der Waals surface area contributed by atoms with Gasteiger partial charge in [-0.25, -0.2) is 0 Å². The van der Waals surface area contributed by atoms with Gasteiger partial charge in [0.05, 0.1) is 19.3 Å². The van der Waals surface area contributed by atoms with Gasteiger partial charge in [0.25, 0.3) is 0 Å². The first-order chi connectivity index (χ1) is 9.29. The highest BCUT2D eigenvalue weighted by molar-refractivity contribution is 5.19. The Morgan fingerprint density at radius 1 is 1.32 bits per heavy atom. The maximum Gasteiger partial charge on any atom is 0.106 e. The Morgan fingerprint density at radius 3 is 2.68 bits per heavy atom. The maximum atomic E-state index is 5.63. The van der Waals surface area contributed by atoms with Crippen molar-refractivity contribution in [3.8, 4) is 0 Å². The summed E-state index contributed by atoms with van der Waals surface area (Å²) >= 11 is 0. The van der Waals surface area contributed by atoms with E-state index in [0.717, 1.165) is 19.6 Å². The smallest absolute Gasteiger partial charge is 0.106 e. The summed E-state index contributed by atoms with van der Waals surface area (Å²) in [6.45, 7) is 2.85. The molecule has 1 aliphatic rings. The van der Waals surface area contributed by atoms with Gasteiger partial charge in [-0.2, -0.15) is 0 Å². The minimum atomic E-state index is -0.194. The third kappa shape index (κ3) is 3.76. The lowest BCUT2D eigenvalue weighted by atomic mass is 10.0. The van der Waals surface area contributed by atoms with E-state index in [0.29, 0.717) is 13.2 Å². The van der Waals surface area contributed by atoms with E-state index in [1.165, 1.54) is 5.56 Å². The Balaban J connectivity index is 1.97. The molecule has 1 aromatic carbocycles. The summed E-state index contributed by atoms with van der Waals surface area (Å²) < 4.78 is 16.4. The van der Waals surface area contributed by atoms with Crippen LogP contribution in [-0.2, 0) is 14.2 Å². The van der Waals surface area contributed by atoms with Gasteiger partial charge in [0, 0.05) is 33.8 Å². The average molecular weight is 265 g/mol. The molecule has 4 heteroatoms. The normalized spacial score (nSPS) is 24.5. The van der Waals surface area contributed by atoms with Gasteiger partial charge < -0.3 is 19.5 Å². The third-order valence-electron chi connectivity index (χ3n) is 3.71. The van der Waals surface area contributed by atoms with Crippen LogP contribution < -0.4 is 5.32 Å². The Kier molecular flexibility index (Phi) is 5.34. The number of benzene rings is 1. The molecule has 0 spiro atoms. The Bertz CT molecular complexity index is 363. The lowest BCUT2D eigenvalue weighted by Crippen LogP contribution is -2.44. The summed E-state index contributed by atoms with van der Waals surface area (Å²) in [4.78, 5) is 0. The Morgan fingerprint density at radius 2 is 2.11 bits per heavy atom. The van der Waals surface area contributed by atoms with Gasteiger partial charge in [-0.15, -0.1) is 0 Å². The number of rotatable bonds is 7. The van der Waals surface area contributed by atoms with E-state index < -0.39 is 0 Å². The summed E-state index contributed by atoms with van der Waals surface area (Å²) in [6.07, 6.45) is 0.936. The first-order valence-corrected chi connectivity index (χ1v) is 6.70. The molecule has 106 valence electrons. The summed E-state index contributed by atoms with van der Waals surface area (Å²) in [5, 5.41) is 3.54. The van der Waals surface area contributed by atoms with Gasteiger partial charge in [0.1, 0.15) is 5.60 Å². The molecule has 2 unspecified atom stereocenters. The van der Waals surface area contributed by atoms with Crippen molar-refractivity contribution in [2.24, 2.45) is 0 Å². The number of nitrogens with one attached hydrogen (secondary N) is 1. The van der Waals surface area contributed by atoms with Crippen molar-refractivity contribution in [2.45, 2.75) is 18.1 Å². The SMILES string of the molecule is COCC(NCC1(OC)CCOC1)c1ccccc1. The van der Waals surface area contributed by atoms with E-state index in [2.05, 4.69) is 17.4 Å². The lowest BCUT2D eigenvalue weighted by Gasteiger charge is -2.29. The van der Waals surface area contributed by atoms with Crippen LogP contribution in [0.5, 0.6) is 0 Å². The van der Waals surface area contributed by atoms with Crippen LogP contribution in [0.3, 0.4) is 0 Å². The molecule has 1 N–H and O–H groups in total. The first kappa shape index (κ1) is 14.5. The van der Waals surface area contributed by atoms with Crippen LogP contribution in [0.4, 0.5) is 0 Å². The molecular weight excluding hydrogens is 242 g/mol. The third-order valence-corrected chi connectivity index (χ3v) is 3.71. The minimum Gasteiger partial charge on any atom is -0.383 e. The van der Waals surface area contributed by atoms with E-state index in [9.17, 15) is 0 Å². The van der Waals surface area contributed by atoms with Crippen LogP contribution in [-0.4, -0.2) is 46.2 Å². The van der Waals surface area contributed by atoms with E-state index >= 15 is 0 Å². The molecule has 0 radical (unpaired) electrons. The predicted molar refractivity (Wildman–Crippen MR) is 74.2 cm³/mol. The molecule has 0 aliphatic carbocycles.